The minimum atomic E-state index is -0.133. The van der Waals surface area contributed by atoms with E-state index in [1.807, 2.05) is 17.0 Å². The van der Waals surface area contributed by atoms with E-state index in [-0.39, 0.29) is 17.9 Å². The van der Waals surface area contributed by atoms with Crippen molar-refractivity contribution in [1.82, 2.24) is 10.2 Å². The van der Waals surface area contributed by atoms with E-state index in [1.54, 1.807) is 6.07 Å². The fourth-order valence-corrected chi connectivity index (χ4v) is 3.19. The lowest BCUT2D eigenvalue weighted by Crippen LogP contribution is -2.45. The van der Waals surface area contributed by atoms with E-state index in [2.05, 4.69) is 5.32 Å². The summed E-state index contributed by atoms with van der Waals surface area (Å²) in [6.45, 7) is 3.50. The molecule has 2 unspecified atom stereocenters. The highest BCUT2D eigenvalue weighted by Gasteiger charge is 2.31. The highest BCUT2D eigenvalue weighted by atomic mass is 35.5. The van der Waals surface area contributed by atoms with Crippen molar-refractivity contribution in [3.63, 3.8) is 0 Å². The Hall–Kier alpha value is -0.810. The molecule has 0 spiro atoms. The smallest absolute Gasteiger partial charge is 0.227 e. The van der Waals surface area contributed by atoms with Gasteiger partial charge in [0, 0.05) is 13.1 Å². The molecule has 2 heterocycles. The Labute approximate surface area is 134 Å². The van der Waals surface area contributed by atoms with Gasteiger partial charge in [-0.05, 0) is 30.7 Å². The van der Waals surface area contributed by atoms with Crippen LogP contribution in [0.3, 0.4) is 0 Å². The van der Waals surface area contributed by atoms with Gasteiger partial charge in [-0.1, -0.05) is 29.3 Å². The number of benzene rings is 1. The van der Waals surface area contributed by atoms with Gasteiger partial charge >= 0.3 is 0 Å². The van der Waals surface area contributed by atoms with Crippen LogP contribution in [0.1, 0.15) is 18.1 Å². The van der Waals surface area contributed by atoms with Crippen LogP contribution in [0.15, 0.2) is 18.2 Å². The van der Waals surface area contributed by atoms with Crippen LogP contribution in [0.25, 0.3) is 0 Å². The number of morpholine rings is 1. The Kier molecular flexibility index (Phi) is 4.69. The van der Waals surface area contributed by atoms with Gasteiger partial charge in [-0.15, -0.1) is 0 Å². The third kappa shape index (κ3) is 3.34. The molecule has 1 aromatic carbocycles. The van der Waals surface area contributed by atoms with Gasteiger partial charge in [0.05, 0.1) is 29.1 Å². The molecule has 114 valence electrons. The Morgan fingerprint density at radius 2 is 2.19 bits per heavy atom. The van der Waals surface area contributed by atoms with E-state index < -0.39 is 0 Å². The largest absolute Gasteiger partial charge is 0.370 e. The molecule has 0 aromatic heterocycles. The molecule has 4 nitrogen and oxygen atoms in total. The maximum atomic E-state index is 12.5. The summed E-state index contributed by atoms with van der Waals surface area (Å²) in [5.41, 5.74) is 0.964. The topological polar surface area (TPSA) is 41.6 Å². The van der Waals surface area contributed by atoms with E-state index in [0.29, 0.717) is 29.7 Å². The monoisotopic (exact) mass is 328 g/mol. The predicted molar refractivity (Wildman–Crippen MR) is 82.7 cm³/mol. The van der Waals surface area contributed by atoms with Crippen LogP contribution < -0.4 is 5.32 Å². The van der Waals surface area contributed by atoms with Gasteiger partial charge in [0.15, 0.2) is 0 Å². The number of amides is 1. The lowest BCUT2D eigenvalue weighted by molar-refractivity contribution is -0.142. The number of rotatable bonds is 2. The van der Waals surface area contributed by atoms with E-state index in [1.165, 1.54) is 0 Å². The Morgan fingerprint density at radius 3 is 2.90 bits per heavy atom. The molecular formula is C15H18Cl2N2O2. The van der Waals surface area contributed by atoms with Crippen LogP contribution in [-0.4, -0.2) is 43.6 Å². The minimum absolute atomic E-state index is 0.109. The zero-order valence-corrected chi connectivity index (χ0v) is 13.2. The summed E-state index contributed by atoms with van der Waals surface area (Å²) in [4.78, 5) is 14.4. The first-order valence-electron chi connectivity index (χ1n) is 7.21. The van der Waals surface area contributed by atoms with Gasteiger partial charge in [-0.25, -0.2) is 0 Å². The van der Waals surface area contributed by atoms with Crippen LogP contribution >= 0.6 is 23.2 Å². The van der Waals surface area contributed by atoms with Crippen molar-refractivity contribution in [3.05, 3.63) is 33.8 Å². The average molecular weight is 329 g/mol. The number of nitrogens with zero attached hydrogens (tertiary/aromatic N) is 1. The number of hydrogen-bond acceptors (Lipinski definition) is 3. The van der Waals surface area contributed by atoms with Crippen LogP contribution in [-0.2, 0) is 9.53 Å². The molecule has 2 aliphatic rings. The number of hydrogen-bond donors (Lipinski definition) is 1. The maximum Gasteiger partial charge on any atom is 0.227 e. The Bertz CT molecular complexity index is 532. The molecule has 2 saturated heterocycles. The van der Waals surface area contributed by atoms with E-state index in [4.69, 9.17) is 27.9 Å². The molecule has 3 rings (SSSR count). The van der Waals surface area contributed by atoms with Gasteiger partial charge in [-0.2, -0.15) is 0 Å². The van der Waals surface area contributed by atoms with E-state index in [0.717, 1.165) is 25.1 Å². The van der Waals surface area contributed by atoms with Gasteiger partial charge in [0.25, 0.3) is 0 Å². The second kappa shape index (κ2) is 6.53. The summed E-state index contributed by atoms with van der Waals surface area (Å²) in [7, 11) is 0. The molecule has 0 saturated carbocycles. The van der Waals surface area contributed by atoms with Crippen molar-refractivity contribution in [2.45, 2.75) is 12.5 Å². The van der Waals surface area contributed by atoms with Gasteiger partial charge in [-0.3, -0.25) is 4.79 Å². The van der Waals surface area contributed by atoms with Crippen molar-refractivity contribution < 1.29 is 9.53 Å². The molecule has 1 amide bonds. The maximum absolute atomic E-state index is 12.5. The summed E-state index contributed by atoms with van der Waals surface area (Å²) in [5.74, 6) is 0.339. The normalized spacial score (nSPS) is 26.1. The van der Waals surface area contributed by atoms with Gasteiger partial charge < -0.3 is 15.0 Å². The zero-order valence-electron chi connectivity index (χ0n) is 11.6. The van der Waals surface area contributed by atoms with Crippen molar-refractivity contribution in [3.8, 4) is 0 Å². The molecule has 6 heteroatoms. The molecule has 1 N–H and O–H groups in total. The van der Waals surface area contributed by atoms with Crippen molar-refractivity contribution in [1.29, 1.82) is 0 Å². The summed E-state index contributed by atoms with van der Waals surface area (Å²) in [6.07, 6.45) is 0.792. The molecular weight excluding hydrogens is 311 g/mol. The number of nitrogens with one attached hydrogen (secondary N) is 1. The molecule has 21 heavy (non-hydrogen) atoms. The number of carbonyl (C=O) groups is 1. The minimum Gasteiger partial charge on any atom is -0.370 e. The molecule has 2 fully saturated rings. The van der Waals surface area contributed by atoms with Gasteiger partial charge in [0.1, 0.15) is 6.10 Å². The Balaban J connectivity index is 1.70. The third-order valence-electron chi connectivity index (χ3n) is 4.10. The number of ether oxygens (including phenoxy) is 1. The van der Waals surface area contributed by atoms with E-state index >= 15 is 0 Å². The van der Waals surface area contributed by atoms with Crippen molar-refractivity contribution in [2.24, 2.45) is 5.92 Å². The average Bonchev–Trinajstić information content (AvgIpc) is 3.04. The first-order valence-corrected chi connectivity index (χ1v) is 7.97. The highest BCUT2D eigenvalue weighted by Crippen LogP contribution is 2.29. The summed E-state index contributed by atoms with van der Waals surface area (Å²) >= 11 is 12.0. The summed E-state index contributed by atoms with van der Waals surface area (Å²) < 4.78 is 5.79. The van der Waals surface area contributed by atoms with Crippen molar-refractivity contribution >= 4 is 29.1 Å². The second-order valence-corrected chi connectivity index (χ2v) is 6.32. The molecule has 0 radical (unpaired) electrons. The molecule has 2 aliphatic heterocycles. The van der Waals surface area contributed by atoms with Crippen LogP contribution in [0.4, 0.5) is 0 Å². The van der Waals surface area contributed by atoms with Crippen LogP contribution in [0.2, 0.25) is 10.0 Å². The second-order valence-electron chi connectivity index (χ2n) is 5.51. The lowest BCUT2D eigenvalue weighted by atomic mass is 10.0. The van der Waals surface area contributed by atoms with Crippen LogP contribution in [0.5, 0.6) is 0 Å². The predicted octanol–water partition coefficient (Wildman–Crippen LogP) is 2.50. The molecule has 1 aromatic rings. The summed E-state index contributed by atoms with van der Waals surface area (Å²) in [6, 6.07) is 5.49. The number of carbonyl (C=O) groups excluding carboxylic acids is 1. The first-order chi connectivity index (χ1) is 10.1. The highest BCUT2D eigenvalue weighted by molar-refractivity contribution is 6.42. The fourth-order valence-electron chi connectivity index (χ4n) is 2.89. The molecule has 0 aliphatic carbocycles. The number of halogens is 2. The fraction of sp³-hybridized carbons (Fsp3) is 0.533. The molecule has 0 bridgehead atoms. The quantitative estimate of drug-likeness (QED) is 0.906. The molecule has 2 atom stereocenters. The van der Waals surface area contributed by atoms with Crippen LogP contribution in [0, 0.1) is 5.92 Å². The Morgan fingerprint density at radius 1 is 1.33 bits per heavy atom. The van der Waals surface area contributed by atoms with Crippen molar-refractivity contribution in [2.75, 3.05) is 32.8 Å². The SMILES string of the molecule is O=C(C1CCNC1)N1CCOC(c2ccc(Cl)c(Cl)c2)C1. The standard InChI is InChI=1S/C15H18Cl2N2O2/c16-12-2-1-10(7-13(12)17)14-9-19(5-6-21-14)15(20)11-3-4-18-8-11/h1-2,7,11,14,18H,3-6,8-9H2. The first kappa shape index (κ1) is 15.1. The lowest BCUT2D eigenvalue weighted by Gasteiger charge is -2.34. The summed E-state index contributed by atoms with van der Waals surface area (Å²) in [5, 5.41) is 4.28. The van der Waals surface area contributed by atoms with Gasteiger partial charge in [0.2, 0.25) is 5.91 Å². The zero-order chi connectivity index (χ0) is 14.8. The third-order valence-corrected chi connectivity index (χ3v) is 4.84. The van der Waals surface area contributed by atoms with E-state index in [9.17, 15) is 4.79 Å².